The molecule has 0 radical (unpaired) electrons. The molecule has 1 aromatic heterocycles. The molecule has 1 saturated carbocycles. The van der Waals surface area contributed by atoms with E-state index in [0.29, 0.717) is 17.9 Å². The summed E-state index contributed by atoms with van der Waals surface area (Å²) < 4.78 is 14.6. The average Bonchev–Trinajstić information content (AvgIpc) is 3.10. The van der Waals surface area contributed by atoms with E-state index in [1.165, 1.54) is 40.1 Å². The molecular formula is C18H21ClFNS. The second kappa shape index (κ2) is 5.86. The van der Waals surface area contributed by atoms with Crippen molar-refractivity contribution in [3.05, 3.63) is 40.7 Å². The Bertz CT molecular complexity index is 734. The molecule has 0 saturated heterocycles. The minimum Gasteiger partial charge on any atom is -0.386 e. The Labute approximate surface area is 141 Å². The number of halogens is 2. The molecule has 1 fully saturated rings. The molecule has 2 atom stereocenters. The van der Waals surface area contributed by atoms with Crippen molar-refractivity contribution in [3.8, 4) is 0 Å². The van der Waals surface area contributed by atoms with Gasteiger partial charge in [0.2, 0.25) is 0 Å². The van der Waals surface area contributed by atoms with Crippen LogP contribution in [0.5, 0.6) is 0 Å². The van der Waals surface area contributed by atoms with Gasteiger partial charge in [-0.05, 0) is 80.2 Å². The van der Waals surface area contributed by atoms with E-state index in [1.807, 2.05) is 17.4 Å². The molecule has 2 aliphatic rings. The van der Waals surface area contributed by atoms with Crippen molar-refractivity contribution in [2.45, 2.75) is 39.2 Å². The van der Waals surface area contributed by atoms with Crippen LogP contribution in [-0.2, 0) is 0 Å². The van der Waals surface area contributed by atoms with E-state index >= 15 is 0 Å². The molecule has 1 aromatic carbocycles. The number of hydrogen-bond donors (Lipinski definition) is 1. The van der Waals surface area contributed by atoms with E-state index in [9.17, 15) is 4.39 Å². The fourth-order valence-corrected chi connectivity index (χ4v) is 5.11. The highest BCUT2D eigenvalue weighted by molar-refractivity contribution is 7.20. The summed E-state index contributed by atoms with van der Waals surface area (Å²) in [7, 11) is 0. The number of thiophene rings is 1. The van der Waals surface area contributed by atoms with Crippen LogP contribution in [0.2, 0.25) is 0 Å². The first-order valence-electron chi connectivity index (χ1n) is 7.82. The fraction of sp³-hybridized carbons (Fsp3) is 0.444. The smallest absolute Gasteiger partial charge is 0.123 e. The number of fused-ring (bicyclic) bond motifs is 3. The first-order chi connectivity index (χ1) is 10.1. The van der Waals surface area contributed by atoms with Crippen LogP contribution in [0.15, 0.2) is 30.0 Å². The number of hydrogen-bond acceptors (Lipinski definition) is 2. The predicted molar refractivity (Wildman–Crippen MR) is 95.1 cm³/mol. The highest BCUT2D eigenvalue weighted by Crippen LogP contribution is 2.53. The van der Waals surface area contributed by atoms with Gasteiger partial charge >= 0.3 is 0 Å². The van der Waals surface area contributed by atoms with Crippen molar-refractivity contribution < 1.29 is 4.39 Å². The van der Waals surface area contributed by atoms with Crippen LogP contribution in [0, 0.1) is 17.7 Å². The lowest BCUT2D eigenvalue weighted by atomic mass is 9.94. The van der Waals surface area contributed by atoms with E-state index in [2.05, 4.69) is 25.2 Å². The van der Waals surface area contributed by atoms with Gasteiger partial charge in [0.25, 0.3) is 0 Å². The molecule has 0 spiro atoms. The molecule has 1 nitrogen and oxygen atoms in total. The molecule has 0 amide bonds. The Hall–Kier alpha value is -1.06. The van der Waals surface area contributed by atoms with Gasteiger partial charge in [-0.15, -0.1) is 23.7 Å². The van der Waals surface area contributed by atoms with Gasteiger partial charge < -0.3 is 5.32 Å². The Morgan fingerprint density at radius 1 is 1.18 bits per heavy atom. The third-order valence-electron chi connectivity index (χ3n) is 4.73. The Balaban J connectivity index is 0.00000144. The van der Waals surface area contributed by atoms with Crippen LogP contribution >= 0.6 is 23.7 Å². The zero-order valence-corrected chi connectivity index (χ0v) is 14.5. The first kappa shape index (κ1) is 15.8. The molecule has 2 aliphatic carbocycles. The summed E-state index contributed by atoms with van der Waals surface area (Å²) in [4.78, 5) is 1.34. The van der Waals surface area contributed by atoms with Gasteiger partial charge in [-0.2, -0.15) is 0 Å². The number of nitrogens with one attached hydrogen (secondary N) is 1. The van der Waals surface area contributed by atoms with E-state index in [0.717, 1.165) is 5.39 Å². The lowest BCUT2D eigenvalue weighted by Crippen LogP contribution is -2.26. The largest absolute Gasteiger partial charge is 0.386 e. The Morgan fingerprint density at radius 3 is 2.73 bits per heavy atom. The fourth-order valence-electron chi connectivity index (χ4n) is 3.93. The van der Waals surface area contributed by atoms with Gasteiger partial charge in [-0.3, -0.25) is 0 Å². The summed E-state index contributed by atoms with van der Waals surface area (Å²) in [5.41, 5.74) is 2.98. The Morgan fingerprint density at radius 2 is 1.95 bits per heavy atom. The third-order valence-corrected chi connectivity index (χ3v) is 5.88. The van der Waals surface area contributed by atoms with Crippen LogP contribution in [0.4, 0.5) is 4.39 Å². The standard InChI is InChI=1S/C18H20FNS.ClH/c1-10(2)20-18-12-4-3-11(7-12)17(18)16-9-13-8-14(19)5-6-15(13)21-16;/h5-6,8-12,20H,3-4,7H2,1-2H3;1H. The highest BCUT2D eigenvalue weighted by Gasteiger charge is 2.40. The van der Waals surface area contributed by atoms with E-state index in [4.69, 9.17) is 0 Å². The molecule has 1 N–H and O–H groups in total. The molecule has 4 heteroatoms. The van der Waals surface area contributed by atoms with Crippen LogP contribution in [-0.4, -0.2) is 6.04 Å². The van der Waals surface area contributed by atoms with Gasteiger partial charge in [0, 0.05) is 21.3 Å². The molecule has 22 heavy (non-hydrogen) atoms. The lowest BCUT2D eigenvalue weighted by Gasteiger charge is -2.22. The normalized spacial score (nSPS) is 23.5. The lowest BCUT2D eigenvalue weighted by molar-refractivity contribution is 0.553. The molecule has 0 aliphatic heterocycles. The molecule has 1 heterocycles. The maximum Gasteiger partial charge on any atom is 0.123 e. The molecule has 118 valence electrons. The maximum atomic E-state index is 13.4. The minimum atomic E-state index is -0.144. The SMILES string of the molecule is CC(C)NC1=C(c2cc3cc(F)ccc3s2)C2CCC1C2.Cl. The van der Waals surface area contributed by atoms with E-state index < -0.39 is 0 Å². The quantitative estimate of drug-likeness (QED) is 0.768. The van der Waals surface area contributed by atoms with Crippen LogP contribution in [0.3, 0.4) is 0 Å². The van der Waals surface area contributed by atoms with Gasteiger partial charge in [0.05, 0.1) is 0 Å². The van der Waals surface area contributed by atoms with Crippen molar-refractivity contribution in [1.82, 2.24) is 5.32 Å². The predicted octanol–water partition coefficient (Wildman–Crippen LogP) is 5.60. The maximum absolute atomic E-state index is 13.4. The molecule has 2 aromatic rings. The topological polar surface area (TPSA) is 12.0 Å². The summed E-state index contributed by atoms with van der Waals surface area (Å²) >= 11 is 1.81. The van der Waals surface area contributed by atoms with Crippen LogP contribution in [0.25, 0.3) is 15.7 Å². The number of rotatable bonds is 3. The second-order valence-corrected chi connectivity index (χ2v) is 7.71. The highest BCUT2D eigenvalue weighted by atomic mass is 35.5. The summed E-state index contributed by atoms with van der Waals surface area (Å²) in [5, 5.41) is 4.73. The minimum absolute atomic E-state index is 0. The zero-order chi connectivity index (χ0) is 14.6. The number of benzene rings is 1. The summed E-state index contributed by atoms with van der Waals surface area (Å²) in [6, 6.07) is 7.77. The van der Waals surface area contributed by atoms with Crippen LogP contribution in [0.1, 0.15) is 38.0 Å². The van der Waals surface area contributed by atoms with E-state index in [-0.39, 0.29) is 18.2 Å². The molecule has 2 bridgehead atoms. The van der Waals surface area contributed by atoms with Crippen molar-refractivity contribution >= 4 is 39.4 Å². The van der Waals surface area contributed by atoms with Crippen molar-refractivity contribution in [2.24, 2.45) is 11.8 Å². The Kier molecular flexibility index (Phi) is 4.21. The van der Waals surface area contributed by atoms with Crippen molar-refractivity contribution in [3.63, 3.8) is 0 Å². The van der Waals surface area contributed by atoms with Gasteiger partial charge in [0.15, 0.2) is 0 Å². The van der Waals surface area contributed by atoms with Crippen LogP contribution < -0.4 is 5.32 Å². The van der Waals surface area contributed by atoms with Gasteiger partial charge in [0.1, 0.15) is 5.82 Å². The van der Waals surface area contributed by atoms with Crippen molar-refractivity contribution in [2.75, 3.05) is 0 Å². The van der Waals surface area contributed by atoms with Crippen molar-refractivity contribution in [1.29, 1.82) is 0 Å². The zero-order valence-electron chi connectivity index (χ0n) is 12.9. The summed E-state index contributed by atoms with van der Waals surface area (Å²) in [5.74, 6) is 1.28. The average molecular weight is 338 g/mol. The summed E-state index contributed by atoms with van der Waals surface area (Å²) in [6.45, 7) is 4.41. The van der Waals surface area contributed by atoms with Gasteiger partial charge in [-0.25, -0.2) is 4.39 Å². The summed E-state index contributed by atoms with van der Waals surface area (Å²) in [6.07, 6.45) is 3.93. The molecule has 4 rings (SSSR count). The molecule has 2 unspecified atom stereocenters. The monoisotopic (exact) mass is 337 g/mol. The van der Waals surface area contributed by atoms with E-state index in [1.54, 1.807) is 12.1 Å². The second-order valence-electron chi connectivity index (χ2n) is 6.63. The van der Waals surface area contributed by atoms with Gasteiger partial charge in [-0.1, -0.05) is 0 Å². The molecular weight excluding hydrogens is 317 g/mol. The number of allylic oxidation sites excluding steroid dienone is 2. The first-order valence-corrected chi connectivity index (χ1v) is 8.63. The third kappa shape index (κ3) is 2.55.